The summed E-state index contributed by atoms with van der Waals surface area (Å²) in [5, 5.41) is 6.28. The molecule has 0 radical (unpaired) electrons. The number of H-pyrrole nitrogens is 1. The van der Waals surface area contributed by atoms with E-state index in [0.717, 1.165) is 18.5 Å². The molecule has 0 fully saturated rings. The molecule has 0 aliphatic rings. The molecule has 1 aromatic carbocycles. The van der Waals surface area contributed by atoms with E-state index in [1.807, 2.05) is 6.07 Å². The largest absolute Gasteiger partial charge is 0.370 e. The van der Waals surface area contributed by atoms with Gasteiger partial charge in [0, 0.05) is 36.8 Å². The molecule has 0 atom stereocenters. The molecule has 7 heteroatoms. The quantitative estimate of drug-likeness (QED) is 0.531. The second kappa shape index (κ2) is 8.10. The molecule has 0 bridgehead atoms. The van der Waals surface area contributed by atoms with Gasteiger partial charge in [-0.2, -0.15) is 0 Å². The summed E-state index contributed by atoms with van der Waals surface area (Å²) in [7, 11) is 0. The Kier molecular flexibility index (Phi) is 5.20. The van der Waals surface area contributed by atoms with Gasteiger partial charge in [-0.1, -0.05) is 29.8 Å². The maximum absolute atomic E-state index is 12.8. The van der Waals surface area contributed by atoms with Crippen LogP contribution in [0.4, 0.5) is 5.82 Å². The van der Waals surface area contributed by atoms with E-state index in [-0.39, 0.29) is 5.56 Å². The second-order valence-corrected chi connectivity index (χ2v) is 6.94. The van der Waals surface area contributed by atoms with Crippen molar-refractivity contribution < 1.29 is 0 Å². The summed E-state index contributed by atoms with van der Waals surface area (Å²) in [4.78, 5) is 25.3. The first-order valence-electron chi connectivity index (χ1n) is 9.45. The smallest absolute Gasteiger partial charge is 0.280 e. The van der Waals surface area contributed by atoms with Crippen LogP contribution in [-0.2, 0) is 6.42 Å². The van der Waals surface area contributed by atoms with Gasteiger partial charge in [0.2, 0.25) is 0 Å². The molecule has 146 valence electrons. The van der Waals surface area contributed by atoms with E-state index in [4.69, 9.17) is 0 Å². The molecule has 0 saturated carbocycles. The van der Waals surface area contributed by atoms with Crippen molar-refractivity contribution >= 4 is 5.82 Å². The molecular weight excluding hydrogens is 364 g/mol. The van der Waals surface area contributed by atoms with Gasteiger partial charge in [-0.15, -0.1) is 0 Å². The Labute approximate surface area is 168 Å². The minimum Gasteiger partial charge on any atom is -0.370 e. The Bertz CT molecular complexity index is 1180. The first-order valence-corrected chi connectivity index (χ1v) is 9.45. The number of aromatic amines is 1. The fourth-order valence-electron chi connectivity index (χ4n) is 3.29. The average molecular weight is 386 g/mol. The molecule has 2 N–H and O–H groups in total. The fourth-order valence-corrected chi connectivity index (χ4v) is 3.29. The maximum Gasteiger partial charge on any atom is 0.280 e. The molecule has 0 unspecified atom stereocenters. The Hall–Kier alpha value is -3.74. The van der Waals surface area contributed by atoms with Gasteiger partial charge in [-0.05, 0) is 37.5 Å². The third-order valence-electron chi connectivity index (χ3n) is 4.82. The first-order chi connectivity index (χ1) is 14.1. The normalized spacial score (nSPS) is 10.8. The van der Waals surface area contributed by atoms with Crippen molar-refractivity contribution in [1.29, 1.82) is 0 Å². The molecule has 4 rings (SSSR count). The summed E-state index contributed by atoms with van der Waals surface area (Å²) < 4.78 is 1.40. The highest BCUT2D eigenvalue weighted by molar-refractivity contribution is 5.60. The van der Waals surface area contributed by atoms with Gasteiger partial charge < -0.3 is 5.32 Å². The Morgan fingerprint density at radius 2 is 2.03 bits per heavy atom. The third-order valence-corrected chi connectivity index (χ3v) is 4.82. The first kappa shape index (κ1) is 18.6. The Morgan fingerprint density at radius 1 is 1.14 bits per heavy atom. The summed E-state index contributed by atoms with van der Waals surface area (Å²) in [6.45, 7) is 4.96. The van der Waals surface area contributed by atoms with Crippen molar-refractivity contribution in [2.75, 3.05) is 11.9 Å². The highest BCUT2D eigenvalue weighted by Gasteiger charge is 2.11. The zero-order valence-electron chi connectivity index (χ0n) is 16.4. The number of benzene rings is 1. The minimum atomic E-state index is -0.182. The molecule has 0 saturated heterocycles. The lowest BCUT2D eigenvalue weighted by Gasteiger charge is -2.09. The number of nitrogens with zero attached hydrogens (tertiary/aromatic N) is 4. The van der Waals surface area contributed by atoms with E-state index in [2.05, 4.69) is 57.4 Å². The molecule has 3 heterocycles. The lowest BCUT2D eigenvalue weighted by Crippen LogP contribution is -2.17. The summed E-state index contributed by atoms with van der Waals surface area (Å²) in [5.41, 5.74) is 4.98. The van der Waals surface area contributed by atoms with Gasteiger partial charge in [-0.25, -0.2) is 14.6 Å². The molecule has 0 aliphatic carbocycles. The molecule has 4 aromatic rings. The Morgan fingerprint density at radius 3 is 2.83 bits per heavy atom. The number of aryl methyl sites for hydroxylation is 2. The van der Waals surface area contributed by atoms with E-state index in [9.17, 15) is 4.79 Å². The molecule has 0 spiro atoms. The number of aromatic nitrogens is 5. The monoisotopic (exact) mass is 386 g/mol. The predicted molar refractivity (Wildman–Crippen MR) is 113 cm³/mol. The van der Waals surface area contributed by atoms with Crippen LogP contribution in [0.15, 0.2) is 66.1 Å². The fraction of sp³-hybridized carbons (Fsp3) is 0.182. The van der Waals surface area contributed by atoms with Crippen LogP contribution in [0.1, 0.15) is 16.7 Å². The topological polar surface area (TPSA) is 88.5 Å². The molecule has 0 amide bonds. The second-order valence-electron chi connectivity index (χ2n) is 6.94. The van der Waals surface area contributed by atoms with Crippen molar-refractivity contribution in [2.45, 2.75) is 20.3 Å². The zero-order valence-corrected chi connectivity index (χ0v) is 16.4. The SMILES string of the molecule is Cc1ccc(CCNc2cc(-n3[nH]cc(-c4cccnc4)c3=O)ncn2)c(C)c1. The highest BCUT2D eigenvalue weighted by atomic mass is 16.1. The van der Waals surface area contributed by atoms with Gasteiger partial charge in [0.25, 0.3) is 5.56 Å². The third kappa shape index (κ3) is 4.08. The van der Waals surface area contributed by atoms with Crippen LogP contribution in [0, 0.1) is 13.8 Å². The van der Waals surface area contributed by atoms with Gasteiger partial charge in [-0.3, -0.25) is 14.9 Å². The summed E-state index contributed by atoms with van der Waals surface area (Å²) in [6.07, 6.45) is 7.34. The number of anilines is 1. The lowest BCUT2D eigenvalue weighted by atomic mass is 10.0. The summed E-state index contributed by atoms with van der Waals surface area (Å²) in [5.74, 6) is 1.15. The lowest BCUT2D eigenvalue weighted by molar-refractivity contribution is 0.812. The molecule has 29 heavy (non-hydrogen) atoms. The van der Waals surface area contributed by atoms with Crippen LogP contribution in [0.2, 0.25) is 0 Å². The van der Waals surface area contributed by atoms with Crippen LogP contribution >= 0.6 is 0 Å². The number of nitrogens with one attached hydrogen (secondary N) is 2. The van der Waals surface area contributed by atoms with Crippen LogP contribution in [0.25, 0.3) is 16.9 Å². The number of hydrogen-bond donors (Lipinski definition) is 2. The molecule has 0 aliphatic heterocycles. The zero-order chi connectivity index (χ0) is 20.2. The van der Waals surface area contributed by atoms with Crippen LogP contribution in [0.3, 0.4) is 0 Å². The highest BCUT2D eigenvalue weighted by Crippen LogP contribution is 2.15. The van der Waals surface area contributed by atoms with E-state index >= 15 is 0 Å². The van der Waals surface area contributed by atoms with E-state index in [0.29, 0.717) is 17.2 Å². The number of rotatable bonds is 6. The molecule has 3 aromatic heterocycles. The van der Waals surface area contributed by atoms with Gasteiger partial charge in [0.05, 0.1) is 5.56 Å². The average Bonchev–Trinajstić information content (AvgIpc) is 3.12. The van der Waals surface area contributed by atoms with Crippen LogP contribution in [0.5, 0.6) is 0 Å². The van der Waals surface area contributed by atoms with Gasteiger partial charge in [0.1, 0.15) is 12.1 Å². The summed E-state index contributed by atoms with van der Waals surface area (Å²) >= 11 is 0. The van der Waals surface area contributed by atoms with Crippen LogP contribution in [-0.4, -0.2) is 31.3 Å². The minimum absolute atomic E-state index is 0.182. The molecular formula is C22H22N6O. The molecule has 7 nitrogen and oxygen atoms in total. The maximum atomic E-state index is 12.8. The summed E-state index contributed by atoms with van der Waals surface area (Å²) in [6, 6.07) is 11.9. The Balaban J connectivity index is 1.49. The van der Waals surface area contributed by atoms with Gasteiger partial charge >= 0.3 is 0 Å². The van der Waals surface area contributed by atoms with Gasteiger partial charge in [0.15, 0.2) is 5.82 Å². The van der Waals surface area contributed by atoms with Crippen molar-refractivity contribution in [1.82, 2.24) is 24.7 Å². The standard InChI is InChI=1S/C22H22N6O/c1-15-5-6-17(16(2)10-15)7-9-24-20-11-21(26-14-25-20)28-22(29)19(13-27-28)18-4-3-8-23-12-18/h3-6,8,10-14,27H,7,9H2,1-2H3,(H,24,25,26). The van der Waals surface area contributed by atoms with Crippen molar-refractivity contribution in [2.24, 2.45) is 0 Å². The van der Waals surface area contributed by atoms with Crippen molar-refractivity contribution in [3.05, 3.63) is 88.4 Å². The predicted octanol–water partition coefficient (Wildman–Crippen LogP) is 3.29. The van der Waals surface area contributed by atoms with E-state index in [1.54, 1.807) is 30.7 Å². The van der Waals surface area contributed by atoms with Crippen molar-refractivity contribution in [3.63, 3.8) is 0 Å². The van der Waals surface area contributed by atoms with E-state index in [1.165, 1.54) is 27.7 Å². The van der Waals surface area contributed by atoms with Crippen LogP contribution < -0.4 is 10.9 Å². The number of pyridine rings is 1. The van der Waals surface area contributed by atoms with Crippen molar-refractivity contribution in [3.8, 4) is 16.9 Å². The number of hydrogen-bond acceptors (Lipinski definition) is 5. The van der Waals surface area contributed by atoms with E-state index < -0.39 is 0 Å².